The van der Waals surface area contributed by atoms with Crippen LogP contribution >= 0.6 is 0 Å². The molecule has 2 rings (SSSR count). The van der Waals surface area contributed by atoms with Crippen molar-refractivity contribution in [3.8, 4) is 0 Å². The largest absolute Gasteiger partial charge is 0.382 e. The number of aromatic nitrogens is 3. The van der Waals surface area contributed by atoms with Gasteiger partial charge in [0.05, 0.1) is 0 Å². The number of aryl methyl sites for hydroxylation is 1. The van der Waals surface area contributed by atoms with Crippen LogP contribution in [0.3, 0.4) is 0 Å². The summed E-state index contributed by atoms with van der Waals surface area (Å²) in [4.78, 5) is 6.84. The highest BCUT2D eigenvalue weighted by Gasteiger charge is 2.31. The molecule has 6 heteroatoms. The van der Waals surface area contributed by atoms with E-state index in [-0.39, 0.29) is 5.41 Å². The lowest BCUT2D eigenvalue weighted by atomic mass is 9.82. The van der Waals surface area contributed by atoms with Crippen molar-refractivity contribution >= 4 is 5.95 Å². The molecule has 0 radical (unpaired) electrons. The number of rotatable bonds is 7. The summed E-state index contributed by atoms with van der Waals surface area (Å²) in [5, 5.41) is 7.38. The van der Waals surface area contributed by atoms with Crippen molar-refractivity contribution in [2.24, 2.45) is 11.1 Å². The van der Waals surface area contributed by atoms with E-state index in [0.29, 0.717) is 0 Å². The van der Waals surface area contributed by atoms with Gasteiger partial charge in [-0.1, -0.05) is 6.92 Å². The Morgan fingerprint density at radius 3 is 3.10 bits per heavy atom. The first-order valence-corrected chi connectivity index (χ1v) is 7.61. The molecule has 0 aromatic carbocycles. The number of aromatic amines is 1. The Bertz CT molecular complexity index is 408. The molecular formula is C14H27N5O. The summed E-state index contributed by atoms with van der Waals surface area (Å²) in [5.41, 5.74) is 6.08. The lowest BCUT2D eigenvalue weighted by molar-refractivity contribution is 0.145. The highest BCUT2D eigenvalue weighted by atomic mass is 16.5. The molecule has 6 nitrogen and oxygen atoms in total. The molecule has 1 aliphatic rings. The molecule has 1 aromatic heterocycles. The van der Waals surface area contributed by atoms with Crippen molar-refractivity contribution < 1.29 is 4.74 Å². The molecular weight excluding hydrogens is 254 g/mol. The van der Waals surface area contributed by atoms with Crippen molar-refractivity contribution in [2.75, 3.05) is 37.7 Å². The van der Waals surface area contributed by atoms with Gasteiger partial charge < -0.3 is 15.4 Å². The van der Waals surface area contributed by atoms with E-state index in [0.717, 1.165) is 63.9 Å². The van der Waals surface area contributed by atoms with Crippen molar-refractivity contribution in [1.29, 1.82) is 0 Å². The first kappa shape index (κ1) is 15.3. The zero-order chi connectivity index (χ0) is 14.4. The summed E-state index contributed by atoms with van der Waals surface area (Å²) >= 11 is 0. The number of hydrogen-bond acceptors (Lipinski definition) is 5. The van der Waals surface area contributed by atoms with Gasteiger partial charge in [0.2, 0.25) is 5.95 Å². The highest BCUT2D eigenvalue weighted by Crippen LogP contribution is 2.29. The number of anilines is 1. The summed E-state index contributed by atoms with van der Waals surface area (Å²) < 4.78 is 5.33. The van der Waals surface area contributed by atoms with Gasteiger partial charge in [-0.25, -0.2) is 0 Å². The Balaban J connectivity index is 1.88. The zero-order valence-electron chi connectivity index (χ0n) is 12.7. The average molecular weight is 281 g/mol. The fraction of sp³-hybridized carbons (Fsp3) is 0.857. The van der Waals surface area contributed by atoms with E-state index in [2.05, 4.69) is 27.0 Å². The number of nitrogens with zero attached hydrogens (tertiary/aromatic N) is 3. The predicted octanol–water partition coefficient (Wildman–Crippen LogP) is 1.34. The van der Waals surface area contributed by atoms with Crippen LogP contribution in [0.5, 0.6) is 0 Å². The molecule has 1 atom stereocenters. The number of hydrogen-bond donors (Lipinski definition) is 2. The minimum absolute atomic E-state index is 0.189. The first-order chi connectivity index (χ1) is 9.67. The van der Waals surface area contributed by atoms with Gasteiger partial charge in [-0.15, -0.1) is 5.10 Å². The van der Waals surface area contributed by atoms with Crippen LogP contribution in [-0.4, -0.2) is 48.0 Å². The standard InChI is InChI=1S/C14H27N5O/c1-3-20-9-4-6-12-16-13(18-17-12)19-8-5-7-14(2,10-15)11-19/h3-11,15H2,1-2H3,(H,16,17,18). The maximum atomic E-state index is 5.89. The third-order valence-electron chi connectivity index (χ3n) is 3.98. The lowest BCUT2D eigenvalue weighted by Crippen LogP contribution is -2.46. The second-order valence-corrected chi connectivity index (χ2v) is 5.92. The first-order valence-electron chi connectivity index (χ1n) is 7.61. The minimum atomic E-state index is 0.189. The predicted molar refractivity (Wildman–Crippen MR) is 79.8 cm³/mol. The lowest BCUT2D eigenvalue weighted by Gasteiger charge is -2.39. The third-order valence-corrected chi connectivity index (χ3v) is 3.98. The molecule has 1 aromatic rings. The molecule has 0 aliphatic carbocycles. The van der Waals surface area contributed by atoms with Crippen LogP contribution in [-0.2, 0) is 11.2 Å². The molecule has 1 unspecified atom stereocenters. The summed E-state index contributed by atoms with van der Waals surface area (Å²) in [7, 11) is 0. The van der Waals surface area contributed by atoms with Gasteiger partial charge in [-0.2, -0.15) is 4.98 Å². The smallest absolute Gasteiger partial charge is 0.244 e. The molecule has 114 valence electrons. The van der Waals surface area contributed by atoms with Gasteiger partial charge in [0.15, 0.2) is 0 Å². The molecule has 1 saturated heterocycles. The Labute approximate surface area is 121 Å². The number of nitrogens with one attached hydrogen (secondary N) is 1. The normalized spacial score (nSPS) is 23.2. The van der Waals surface area contributed by atoms with Crippen molar-refractivity contribution in [1.82, 2.24) is 15.2 Å². The van der Waals surface area contributed by atoms with Gasteiger partial charge in [-0.3, -0.25) is 5.10 Å². The summed E-state index contributed by atoms with van der Waals surface area (Å²) in [6.07, 6.45) is 4.20. The van der Waals surface area contributed by atoms with Gasteiger partial charge in [0, 0.05) is 32.7 Å². The van der Waals surface area contributed by atoms with Crippen LogP contribution in [0.4, 0.5) is 5.95 Å². The monoisotopic (exact) mass is 281 g/mol. The fourth-order valence-electron chi connectivity index (χ4n) is 2.68. The van der Waals surface area contributed by atoms with E-state index in [1.54, 1.807) is 0 Å². The van der Waals surface area contributed by atoms with E-state index >= 15 is 0 Å². The number of H-pyrrole nitrogens is 1. The zero-order valence-corrected chi connectivity index (χ0v) is 12.7. The Morgan fingerprint density at radius 2 is 2.35 bits per heavy atom. The minimum Gasteiger partial charge on any atom is -0.382 e. The molecule has 3 N–H and O–H groups in total. The van der Waals surface area contributed by atoms with Crippen molar-refractivity contribution in [3.05, 3.63) is 5.82 Å². The van der Waals surface area contributed by atoms with E-state index < -0.39 is 0 Å². The third kappa shape index (κ3) is 3.93. The maximum Gasteiger partial charge on any atom is 0.244 e. The quantitative estimate of drug-likeness (QED) is 0.737. The van der Waals surface area contributed by atoms with Crippen LogP contribution in [0.15, 0.2) is 0 Å². The van der Waals surface area contributed by atoms with Crippen LogP contribution in [0, 0.1) is 5.41 Å². The number of nitrogens with two attached hydrogens (primary N) is 1. The molecule has 0 spiro atoms. The molecule has 20 heavy (non-hydrogen) atoms. The fourth-order valence-corrected chi connectivity index (χ4v) is 2.68. The van der Waals surface area contributed by atoms with E-state index in [1.165, 1.54) is 6.42 Å². The van der Waals surface area contributed by atoms with Crippen LogP contribution < -0.4 is 10.6 Å². The second-order valence-electron chi connectivity index (χ2n) is 5.92. The number of ether oxygens (including phenoxy) is 1. The van der Waals surface area contributed by atoms with Crippen molar-refractivity contribution in [3.63, 3.8) is 0 Å². The molecule has 1 aliphatic heterocycles. The molecule has 1 fully saturated rings. The second kappa shape index (κ2) is 7.04. The summed E-state index contributed by atoms with van der Waals surface area (Å²) in [6, 6.07) is 0. The highest BCUT2D eigenvalue weighted by molar-refractivity contribution is 5.30. The van der Waals surface area contributed by atoms with Crippen LogP contribution in [0.2, 0.25) is 0 Å². The summed E-state index contributed by atoms with van der Waals surface area (Å²) in [6.45, 7) is 8.49. The Morgan fingerprint density at radius 1 is 1.50 bits per heavy atom. The van der Waals surface area contributed by atoms with E-state index in [9.17, 15) is 0 Å². The molecule has 2 heterocycles. The topological polar surface area (TPSA) is 80.1 Å². The van der Waals surface area contributed by atoms with Crippen LogP contribution in [0.1, 0.15) is 38.9 Å². The van der Waals surface area contributed by atoms with Gasteiger partial charge in [0.1, 0.15) is 5.82 Å². The van der Waals surface area contributed by atoms with Gasteiger partial charge >= 0.3 is 0 Å². The van der Waals surface area contributed by atoms with E-state index in [1.807, 2.05) is 6.92 Å². The molecule has 0 saturated carbocycles. The van der Waals surface area contributed by atoms with Crippen molar-refractivity contribution in [2.45, 2.75) is 39.5 Å². The summed E-state index contributed by atoms with van der Waals surface area (Å²) in [5.74, 6) is 1.76. The van der Waals surface area contributed by atoms with Gasteiger partial charge in [0.25, 0.3) is 0 Å². The Hall–Kier alpha value is -1.14. The Kier molecular flexibility index (Phi) is 5.37. The van der Waals surface area contributed by atoms with E-state index in [4.69, 9.17) is 10.5 Å². The molecule has 0 amide bonds. The number of piperidine rings is 1. The maximum absolute atomic E-state index is 5.89. The average Bonchev–Trinajstić information content (AvgIpc) is 2.93. The van der Waals surface area contributed by atoms with Crippen LogP contribution in [0.25, 0.3) is 0 Å². The molecule has 0 bridgehead atoms. The van der Waals surface area contributed by atoms with Gasteiger partial charge in [-0.05, 0) is 38.1 Å². The SMILES string of the molecule is CCOCCCc1nc(N2CCCC(C)(CN)C2)n[nH]1.